The van der Waals surface area contributed by atoms with Crippen molar-refractivity contribution in [3.05, 3.63) is 207 Å². The predicted octanol–water partition coefficient (Wildman–Crippen LogP) is 9.69. The lowest BCUT2D eigenvalue weighted by Crippen LogP contribution is -2.20. The second-order valence-corrected chi connectivity index (χ2v) is 17.0. The molecule has 0 fully saturated rings. The molecule has 2 aromatic heterocycles. The molecule has 0 amide bonds. The Balaban J connectivity index is 0.000000172. The fourth-order valence-corrected chi connectivity index (χ4v) is 10.7. The lowest BCUT2D eigenvalue weighted by molar-refractivity contribution is 0.705. The maximum absolute atomic E-state index is 4.67. The van der Waals surface area contributed by atoms with Crippen LogP contribution in [-0.2, 0) is 6.54 Å². The number of aromatic amines is 1. The molecule has 0 aliphatic heterocycles. The van der Waals surface area contributed by atoms with E-state index < -0.39 is 15.8 Å². The summed E-state index contributed by atoms with van der Waals surface area (Å²) in [5.74, 6) is 2.60. The number of H-pyrrole nitrogens is 1. The van der Waals surface area contributed by atoms with Gasteiger partial charge in [0.1, 0.15) is 0 Å². The van der Waals surface area contributed by atoms with E-state index in [-0.39, 0.29) is 0 Å². The van der Waals surface area contributed by atoms with E-state index in [2.05, 4.69) is 224 Å². The molecule has 8 rings (SSSR count). The SMILES string of the molecule is C=CCn1ccc(-c2cccc(P(c3ccccc3)c3ccccc3)c2)n1.CC#CBr.c1ccc(P(c2ccccc2)c2cccc(-c3ccn[nH]3)c2)cc1. The summed E-state index contributed by atoms with van der Waals surface area (Å²) in [4.78, 5) is 2.49. The van der Waals surface area contributed by atoms with Gasteiger partial charge in [-0.3, -0.25) is 9.78 Å². The molecule has 0 saturated heterocycles. The van der Waals surface area contributed by atoms with Crippen LogP contribution in [0.25, 0.3) is 22.5 Å². The van der Waals surface area contributed by atoms with Crippen LogP contribution in [0.3, 0.4) is 0 Å². The summed E-state index contributed by atoms with van der Waals surface area (Å²) in [6.07, 6.45) is 5.65. The summed E-state index contributed by atoms with van der Waals surface area (Å²) in [6.45, 7) is 6.28. The van der Waals surface area contributed by atoms with E-state index in [1.54, 1.807) is 13.1 Å². The van der Waals surface area contributed by atoms with E-state index in [1.807, 2.05) is 23.0 Å². The van der Waals surface area contributed by atoms with E-state index in [0.717, 1.165) is 23.5 Å². The highest BCUT2D eigenvalue weighted by atomic mass is 79.9. The summed E-state index contributed by atoms with van der Waals surface area (Å²) >= 11 is 2.89. The summed E-state index contributed by atoms with van der Waals surface area (Å²) < 4.78 is 1.91. The van der Waals surface area contributed by atoms with Gasteiger partial charge in [-0.25, -0.2) is 0 Å². The zero-order valence-corrected chi connectivity index (χ0v) is 34.0. The van der Waals surface area contributed by atoms with Gasteiger partial charge in [-0.15, -0.1) is 6.58 Å². The molecule has 0 aliphatic carbocycles. The summed E-state index contributed by atoms with van der Waals surface area (Å²) in [5.41, 5.74) is 4.36. The number of rotatable bonds is 10. The molecule has 0 spiro atoms. The maximum Gasteiger partial charge on any atom is 0.0923 e. The summed E-state index contributed by atoms with van der Waals surface area (Å²) in [5, 5.41) is 19.9. The maximum atomic E-state index is 4.67. The first kappa shape index (κ1) is 39.1. The summed E-state index contributed by atoms with van der Waals surface area (Å²) in [6, 6.07) is 64.7. The molecule has 6 aromatic carbocycles. The van der Waals surface area contributed by atoms with E-state index in [9.17, 15) is 0 Å². The molecule has 2 heterocycles. The molecule has 0 unspecified atom stereocenters. The molecule has 0 bridgehead atoms. The molecule has 270 valence electrons. The topological polar surface area (TPSA) is 46.5 Å². The van der Waals surface area contributed by atoms with Crippen LogP contribution in [0.1, 0.15) is 6.92 Å². The Morgan fingerprint density at radius 3 is 1.45 bits per heavy atom. The number of aromatic nitrogens is 4. The lowest BCUT2D eigenvalue weighted by atomic mass is 10.2. The van der Waals surface area contributed by atoms with Gasteiger partial charge in [-0.1, -0.05) is 170 Å². The van der Waals surface area contributed by atoms with Crippen molar-refractivity contribution in [3.8, 4) is 33.3 Å². The molecule has 4 nitrogen and oxygen atoms in total. The highest BCUT2D eigenvalue weighted by molar-refractivity contribution is 9.12. The molecule has 1 N–H and O–H groups in total. The van der Waals surface area contributed by atoms with Gasteiger partial charge in [0.25, 0.3) is 0 Å². The molecular formula is C48H41BrN4P2. The number of hydrogen-bond acceptors (Lipinski definition) is 2. The smallest absolute Gasteiger partial charge is 0.0923 e. The number of halogens is 1. The van der Waals surface area contributed by atoms with Crippen LogP contribution < -0.4 is 31.8 Å². The van der Waals surface area contributed by atoms with Gasteiger partial charge in [0.05, 0.1) is 17.9 Å². The Bertz CT molecular complexity index is 2320. The minimum Gasteiger partial charge on any atom is -0.278 e. The Hall–Kier alpha value is -5.62. The van der Waals surface area contributed by atoms with Crippen molar-refractivity contribution in [3.63, 3.8) is 0 Å². The standard InChI is InChI=1S/C24H21N2P.C21H17N2P.C3H3Br/c1-2-17-26-18-16-24(25-26)20-10-9-15-23(19-20)27(21-11-5-3-6-12-21)22-13-7-4-8-14-22;1-3-9-18(10-4-1)24(19-11-5-2-6-12-19)20-13-7-8-17(16-20)21-14-15-22-23-21;1-2-3-4/h2-16,18-19H,1,17H2;1-16H,(H,22,23);1H3. The summed E-state index contributed by atoms with van der Waals surface area (Å²) in [7, 11) is -1.18. The number of benzene rings is 6. The van der Waals surface area contributed by atoms with Crippen molar-refractivity contribution in [2.45, 2.75) is 13.5 Å². The van der Waals surface area contributed by atoms with E-state index in [0.29, 0.717) is 0 Å². The van der Waals surface area contributed by atoms with Crippen LogP contribution in [0.2, 0.25) is 0 Å². The third kappa shape index (κ3) is 10.8. The zero-order chi connectivity index (χ0) is 38.1. The third-order valence-electron chi connectivity index (χ3n) is 8.43. The van der Waals surface area contributed by atoms with Crippen LogP contribution in [0, 0.1) is 10.8 Å². The van der Waals surface area contributed by atoms with E-state index >= 15 is 0 Å². The Kier molecular flexibility index (Phi) is 14.7. The lowest BCUT2D eigenvalue weighted by Gasteiger charge is -2.19. The third-order valence-corrected chi connectivity index (χ3v) is 13.7. The van der Waals surface area contributed by atoms with Crippen molar-refractivity contribution in [2.75, 3.05) is 0 Å². The van der Waals surface area contributed by atoms with Crippen molar-refractivity contribution in [1.29, 1.82) is 0 Å². The van der Waals surface area contributed by atoms with Crippen LogP contribution >= 0.6 is 31.8 Å². The number of nitrogens with zero attached hydrogens (tertiary/aromatic N) is 3. The minimum absolute atomic E-state index is 0.572. The van der Waals surface area contributed by atoms with Crippen LogP contribution in [0.15, 0.2) is 207 Å². The monoisotopic (exact) mass is 814 g/mol. The number of nitrogens with one attached hydrogen (secondary N) is 1. The highest BCUT2D eigenvalue weighted by Crippen LogP contribution is 2.35. The second-order valence-electron chi connectivity index (χ2n) is 12.1. The van der Waals surface area contributed by atoms with Crippen molar-refractivity contribution < 1.29 is 0 Å². The van der Waals surface area contributed by atoms with E-state index in [4.69, 9.17) is 0 Å². The predicted molar refractivity (Wildman–Crippen MR) is 242 cm³/mol. The quantitative estimate of drug-likeness (QED) is 0.0850. The average molecular weight is 816 g/mol. The molecule has 55 heavy (non-hydrogen) atoms. The van der Waals surface area contributed by atoms with Gasteiger partial charge < -0.3 is 0 Å². The van der Waals surface area contributed by atoms with Gasteiger partial charge in [0.2, 0.25) is 0 Å². The first-order chi connectivity index (χ1) is 27.2. The molecule has 0 atom stereocenters. The highest BCUT2D eigenvalue weighted by Gasteiger charge is 2.18. The van der Waals surface area contributed by atoms with Gasteiger partial charge in [0, 0.05) is 39.5 Å². The Morgan fingerprint density at radius 1 is 0.600 bits per heavy atom. The van der Waals surface area contributed by atoms with Crippen molar-refractivity contribution in [1.82, 2.24) is 20.0 Å². The van der Waals surface area contributed by atoms with Gasteiger partial charge >= 0.3 is 0 Å². The molecule has 0 aliphatic rings. The largest absolute Gasteiger partial charge is 0.278 e. The van der Waals surface area contributed by atoms with Gasteiger partial charge in [-0.2, -0.15) is 10.2 Å². The zero-order valence-electron chi connectivity index (χ0n) is 30.6. The van der Waals surface area contributed by atoms with Crippen LogP contribution in [-0.4, -0.2) is 20.0 Å². The second kappa shape index (κ2) is 20.7. The van der Waals surface area contributed by atoms with Gasteiger partial charge in [-0.05, 0) is 83.7 Å². The fraction of sp³-hybridized carbons (Fsp3) is 0.0417. The molecular weight excluding hydrogens is 774 g/mol. The average Bonchev–Trinajstić information content (AvgIpc) is 3.98. The van der Waals surface area contributed by atoms with Crippen LogP contribution in [0.4, 0.5) is 0 Å². The van der Waals surface area contributed by atoms with Gasteiger partial charge in [0.15, 0.2) is 0 Å². The van der Waals surface area contributed by atoms with Crippen LogP contribution in [0.5, 0.6) is 0 Å². The molecule has 0 radical (unpaired) electrons. The van der Waals surface area contributed by atoms with Crippen molar-refractivity contribution >= 4 is 63.6 Å². The molecule has 0 saturated carbocycles. The van der Waals surface area contributed by atoms with E-state index in [1.165, 1.54) is 37.4 Å². The first-order valence-electron chi connectivity index (χ1n) is 17.9. The Morgan fingerprint density at radius 2 is 1.04 bits per heavy atom. The number of allylic oxidation sites excluding steroid dienone is 1. The fourth-order valence-electron chi connectivity index (χ4n) is 5.99. The normalized spacial score (nSPS) is 10.3. The number of hydrogen-bond donors (Lipinski definition) is 1. The Labute approximate surface area is 335 Å². The minimum atomic E-state index is -0.603. The molecule has 7 heteroatoms. The van der Waals surface area contributed by atoms with Crippen molar-refractivity contribution in [2.24, 2.45) is 0 Å². The molecule has 8 aromatic rings. The first-order valence-corrected chi connectivity index (χ1v) is 21.3.